The van der Waals surface area contributed by atoms with Crippen LogP contribution in [0.2, 0.25) is 0 Å². The highest BCUT2D eigenvalue weighted by Gasteiger charge is 2.45. The molecule has 6 heteroatoms. The first-order valence-corrected chi connectivity index (χ1v) is 10.4. The molecule has 2 aromatic carbocycles. The van der Waals surface area contributed by atoms with Crippen LogP contribution in [-0.2, 0) is 4.79 Å². The molecule has 1 aliphatic heterocycles. The van der Waals surface area contributed by atoms with Crippen LogP contribution in [0, 0.1) is 13.8 Å². The molecular formula is C24H21NO4S. The summed E-state index contributed by atoms with van der Waals surface area (Å²) in [5.74, 6) is -0.846. The summed E-state index contributed by atoms with van der Waals surface area (Å²) < 4.78 is 5.35. The quantitative estimate of drug-likeness (QED) is 0.581. The topological polar surface area (TPSA) is 66.8 Å². The van der Waals surface area contributed by atoms with Gasteiger partial charge in [-0.05, 0) is 54.6 Å². The largest absolute Gasteiger partial charge is 0.503 e. The lowest BCUT2D eigenvalue weighted by Gasteiger charge is -2.28. The van der Waals surface area contributed by atoms with Crippen molar-refractivity contribution in [2.75, 3.05) is 12.0 Å². The van der Waals surface area contributed by atoms with Gasteiger partial charge in [0.05, 0.1) is 23.6 Å². The van der Waals surface area contributed by atoms with Crippen LogP contribution < -0.4 is 9.64 Å². The van der Waals surface area contributed by atoms with Crippen molar-refractivity contribution in [1.29, 1.82) is 0 Å². The van der Waals surface area contributed by atoms with E-state index in [1.807, 2.05) is 38.1 Å². The van der Waals surface area contributed by atoms with E-state index in [0.717, 1.165) is 11.1 Å². The van der Waals surface area contributed by atoms with Gasteiger partial charge < -0.3 is 9.84 Å². The van der Waals surface area contributed by atoms with E-state index in [1.165, 1.54) is 16.2 Å². The molecular weight excluding hydrogens is 398 g/mol. The molecule has 1 aliphatic rings. The molecule has 0 saturated heterocycles. The molecule has 4 rings (SSSR count). The van der Waals surface area contributed by atoms with Gasteiger partial charge in [0.2, 0.25) is 5.78 Å². The lowest BCUT2D eigenvalue weighted by atomic mass is 9.94. The number of hydrogen-bond donors (Lipinski definition) is 1. The summed E-state index contributed by atoms with van der Waals surface area (Å²) in [6, 6.07) is 15.7. The van der Waals surface area contributed by atoms with E-state index in [1.54, 1.807) is 42.8 Å². The van der Waals surface area contributed by atoms with Crippen LogP contribution in [0.1, 0.15) is 32.4 Å². The molecule has 30 heavy (non-hydrogen) atoms. The molecule has 1 atom stereocenters. The first kappa shape index (κ1) is 19.9. The number of aryl methyl sites for hydroxylation is 2. The Morgan fingerprint density at radius 3 is 2.57 bits per heavy atom. The van der Waals surface area contributed by atoms with Crippen LogP contribution in [0.5, 0.6) is 5.75 Å². The smallest absolute Gasteiger partial charge is 0.294 e. The van der Waals surface area contributed by atoms with Crippen molar-refractivity contribution < 1.29 is 19.4 Å². The number of ether oxygens (including phenoxy) is 1. The Morgan fingerprint density at radius 2 is 1.90 bits per heavy atom. The van der Waals surface area contributed by atoms with Gasteiger partial charge in [0.25, 0.3) is 5.91 Å². The number of Topliss-reactive ketones (excluding diaryl/α,β-unsaturated/α-hetero) is 1. The number of rotatable bonds is 5. The molecule has 152 valence electrons. The number of aliphatic hydroxyl groups is 1. The van der Waals surface area contributed by atoms with Gasteiger partial charge in [-0.2, -0.15) is 0 Å². The van der Waals surface area contributed by atoms with Crippen molar-refractivity contribution in [3.63, 3.8) is 0 Å². The molecule has 1 aromatic heterocycles. The predicted octanol–water partition coefficient (Wildman–Crippen LogP) is 5.16. The number of hydrogen-bond acceptors (Lipinski definition) is 5. The van der Waals surface area contributed by atoms with Gasteiger partial charge >= 0.3 is 0 Å². The number of ketones is 1. The molecule has 0 bridgehead atoms. The number of methoxy groups -OCH3 is 1. The highest BCUT2D eigenvalue weighted by molar-refractivity contribution is 7.12. The molecule has 1 N–H and O–H groups in total. The van der Waals surface area contributed by atoms with E-state index >= 15 is 0 Å². The van der Waals surface area contributed by atoms with Crippen molar-refractivity contribution >= 4 is 28.7 Å². The SMILES string of the molecule is COc1cccc(C2C(C(=O)c3cccs3)=C(O)C(=O)N2c2ccc(C)cc2C)c1. The number of aliphatic hydroxyl groups excluding tert-OH is 1. The Balaban J connectivity index is 1.92. The zero-order valence-electron chi connectivity index (χ0n) is 16.9. The van der Waals surface area contributed by atoms with Crippen LogP contribution >= 0.6 is 11.3 Å². The maximum atomic E-state index is 13.3. The second-order valence-corrected chi connectivity index (χ2v) is 8.16. The number of amides is 1. The van der Waals surface area contributed by atoms with Crippen LogP contribution in [0.4, 0.5) is 5.69 Å². The normalized spacial score (nSPS) is 16.3. The van der Waals surface area contributed by atoms with Crippen molar-refractivity contribution in [3.05, 3.63) is 92.9 Å². The molecule has 1 amide bonds. The third-order valence-electron chi connectivity index (χ3n) is 5.22. The zero-order valence-corrected chi connectivity index (χ0v) is 17.7. The van der Waals surface area contributed by atoms with E-state index in [2.05, 4.69) is 0 Å². The Bertz CT molecular complexity index is 1160. The summed E-state index contributed by atoms with van der Waals surface area (Å²) in [6.07, 6.45) is 0. The minimum absolute atomic E-state index is 0.0793. The van der Waals surface area contributed by atoms with Gasteiger partial charge in [0, 0.05) is 5.69 Å². The van der Waals surface area contributed by atoms with Crippen LogP contribution in [-0.4, -0.2) is 23.9 Å². The van der Waals surface area contributed by atoms with Crippen molar-refractivity contribution in [2.45, 2.75) is 19.9 Å². The molecule has 0 fully saturated rings. The predicted molar refractivity (Wildman–Crippen MR) is 117 cm³/mol. The number of carbonyl (C=O) groups excluding carboxylic acids is 2. The van der Waals surface area contributed by atoms with Crippen LogP contribution in [0.3, 0.4) is 0 Å². The second-order valence-electron chi connectivity index (χ2n) is 7.21. The fourth-order valence-corrected chi connectivity index (χ4v) is 4.51. The first-order chi connectivity index (χ1) is 14.4. The molecule has 2 heterocycles. The molecule has 0 radical (unpaired) electrons. The fraction of sp³-hybridized carbons (Fsp3) is 0.167. The standard InChI is InChI=1S/C24H21NO4S/c1-14-9-10-18(15(2)12-14)25-21(16-6-4-7-17(13-16)29-3)20(23(27)24(25)28)22(26)19-8-5-11-30-19/h4-13,21,27H,1-3H3. The first-order valence-electron chi connectivity index (χ1n) is 9.48. The van der Waals surface area contributed by atoms with Gasteiger partial charge in [0.15, 0.2) is 5.76 Å². The fourth-order valence-electron chi connectivity index (χ4n) is 3.83. The average Bonchev–Trinajstić information content (AvgIpc) is 3.36. The lowest BCUT2D eigenvalue weighted by Crippen LogP contribution is -2.31. The highest BCUT2D eigenvalue weighted by atomic mass is 32.1. The van der Waals surface area contributed by atoms with E-state index in [0.29, 0.717) is 21.9 Å². The minimum atomic E-state index is -0.761. The number of carbonyl (C=O) groups is 2. The second kappa shape index (κ2) is 7.80. The molecule has 3 aromatic rings. The molecule has 5 nitrogen and oxygen atoms in total. The van der Waals surface area contributed by atoms with E-state index in [-0.39, 0.29) is 11.4 Å². The Kier molecular flexibility index (Phi) is 5.18. The Morgan fingerprint density at radius 1 is 1.10 bits per heavy atom. The van der Waals surface area contributed by atoms with Crippen molar-refractivity contribution in [2.24, 2.45) is 0 Å². The van der Waals surface area contributed by atoms with E-state index in [4.69, 9.17) is 4.74 Å². The summed E-state index contributed by atoms with van der Waals surface area (Å²) in [4.78, 5) is 28.5. The van der Waals surface area contributed by atoms with Crippen molar-refractivity contribution in [3.8, 4) is 5.75 Å². The van der Waals surface area contributed by atoms with Gasteiger partial charge in [-0.3, -0.25) is 14.5 Å². The lowest BCUT2D eigenvalue weighted by molar-refractivity contribution is -0.117. The summed E-state index contributed by atoms with van der Waals surface area (Å²) >= 11 is 1.28. The summed E-state index contributed by atoms with van der Waals surface area (Å²) in [5.41, 5.74) is 3.36. The van der Waals surface area contributed by atoms with Crippen molar-refractivity contribution in [1.82, 2.24) is 0 Å². The molecule has 1 unspecified atom stereocenters. The Labute approximate surface area is 178 Å². The maximum absolute atomic E-state index is 13.3. The minimum Gasteiger partial charge on any atom is -0.503 e. The van der Waals surface area contributed by atoms with E-state index in [9.17, 15) is 14.7 Å². The molecule has 0 saturated carbocycles. The zero-order chi connectivity index (χ0) is 21.4. The maximum Gasteiger partial charge on any atom is 0.294 e. The number of nitrogens with zero attached hydrogens (tertiary/aromatic N) is 1. The van der Waals surface area contributed by atoms with Gasteiger partial charge in [0.1, 0.15) is 5.75 Å². The monoisotopic (exact) mass is 419 g/mol. The van der Waals surface area contributed by atoms with Gasteiger partial charge in [-0.25, -0.2) is 0 Å². The van der Waals surface area contributed by atoms with Gasteiger partial charge in [-0.1, -0.05) is 35.9 Å². The number of benzene rings is 2. The Hall–Kier alpha value is -3.38. The molecule has 0 spiro atoms. The summed E-state index contributed by atoms with van der Waals surface area (Å²) in [7, 11) is 1.56. The summed E-state index contributed by atoms with van der Waals surface area (Å²) in [6.45, 7) is 3.89. The number of thiophene rings is 1. The average molecular weight is 420 g/mol. The van der Waals surface area contributed by atoms with Crippen LogP contribution in [0.25, 0.3) is 0 Å². The third-order valence-corrected chi connectivity index (χ3v) is 6.09. The van der Waals surface area contributed by atoms with Crippen LogP contribution in [0.15, 0.2) is 71.3 Å². The third kappa shape index (κ3) is 3.29. The van der Waals surface area contributed by atoms with E-state index < -0.39 is 17.7 Å². The highest BCUT2D eigenvalue weighted by Crippen LogP contribution is 2.43. The van der Waals surface area contributed by atoms with Gasteiger partial charge in [-0.15, -0.1) is 11.3 Å². The number of anilines is 1. The molecule has 0 aliphatic carbocycles. The summed E-state index contributed by atoms with van der Waals surface area (Å²) in [5, 5.41) is 12.6.